The number of methoxy groups -OCH3 is 1. The molecular weight excluding hydrogens is 242 g/mol. The van der Waals surface area contributed by atoms with Crippen molar-refractivity contribution >= 4 is 5.97 Å². The predicted molar refractivity (Wildman–Crippen MR) is 71.3 cm³/mol. The lowest BCUT2D eigenvalue weighted by Crippen LogP contribution is -2.14. The van der Waals surface area contributed by atoms with Crippen molar-refractivity contribution in [2.24, 2.45) is 0 Å². The minimum Gasteiger partial charge on any atom is -0.497 e. The van der Waals surface area contributed by atoms with Crippen LogP contribution < -0.4 is 4.74 Å². The zero-order chi connectivity index (χ0) is 13.7. The molecule has 1 unspecified atom stereocenters. The minimum absolute atomic E-state index is 0.427. The van der Waals surface area contributed by atoms with Gasteiger partial charge in [-0.15, -0.1) is 0 Å². The lowest BCUT2D eigenvalue weighted by atomic mass is 9.93. The first-order chi connectivity index (χ1) is 9.20. The highest BCUT2D eigenvalue weighted by atomic mass is 16.5. The summed E-state index contributed by atoms with van der Waals surface area (Å²) in [5.41, 5.74) is 1.69. The first kappa shape index (κ1) is 13.1. The summed E-state index contributed by atoms with van der Waals surface area (Å²) in [4.78, 5) is 15.3. The summed E-state index contributed by atoms with van der Waals surface area (Å²) < 4.78 is 5.15. The number of aromatic nitrogens is 1. The lowest BCUT2D eigenvalue weighted by Gasteiger charge is -2.13. The molecule has 1 atom stereocenters. The summed E-state index contributed by atoms with van der Waals surface area (Å²) in [6.45, 7) is 0. The van der Waals surface area contributed by atoms with E-state index in [1.54, 1.807) is 31.6 Å². The number of pyridine rings is 1. The number of hydrogen-bond acceptors (Lipinski definition) is 3. The summed E-state index contributed by atoms with van der Waals surface area (Å²) in [5, 5.41) is 9.36. The number of carboxylic acid groups (broad SMARTS) is 1. The molecule has 4 heteroatoms. The normalized spacial score (nSPS) is 11.8. The third kappa shape index (κ3) is 3.31. The van der Waals surface area contributed by atoms with Crippen molar-refractivity contribution in [1.29, 1.82) is 0 Å². The lowest BCUT2D eigenvalue weighted by molar-refractivity contribution is -0.138. The Bertz CT molecular complexity index is 554. The molecule has 0 radical (unpaired) electrons. The number of nitrogens with zero attached hydrogens (tertiary/aromatic N) is 1. The molecule has 1 aromatic heterocycles. The quantitative estimate of drug-likeness (QED) is 0.894. The van der Waals surface area contributed by atoms with E-state index in [9.17, 15) is 9.90 Å². The molecule has 2 rings (SSSR count). The van der Waals surface area contributed by atoms with Crippen LogP contribution in [0.5, 0.6) is 5.75 Å². The molecule has 0 amide bonds. The van der Waals surface area contributed by atoms with Gasteiger partial charge >= 0.3 is 5.97 Å². The Morgan fingerprint density at radius 3 is 2.68 bits per heavy atom. The van der Waals surface area contributed by atoms with Crippen molar-refractivity contribution in [2.75, 3.05) is 7.11 Å². The second-order valence-corrected chi connectivity index (χ2v) is 4.23. The molecule has 2 aromatic rings. The molecule has 0 bridgehead atoms. The fourth-order valence-electron chi connectivity index (χ4n) is 1.98. The molecule has 0 aliphatic carbocycles. The molecule has 98 valence electrons. The van der Waals surface area contributed by atoms with Gasteiger partial charge < -0.3 is 9.84 Å². The van der Waals surface area contributed by atoms with Crippen LogP contribution in [0.1, 0.15) is 17.0 Å². The second-order valence-electron chi connectivity index (χ2n) is 4.23. The number of hydrogen-bond donors (Lipinski definition) is 1. The molecule has 0 saturated carbocycles. The summed E-state index contributed by atoms with van der Waals surface area (Å²) in [6, 6.07) is 10.9. The van der Waals surface area contributed by atoms with Crippen molar-refractivity contribution in [3.8, 4) is 5.75 Å². The Morgan fingerprint density at radius 2 is 2.05 bits per heavy atom. The highest BCUT2D eigenvalue weighted by molar-refractivity contribution is 5.76. The molecule has 1 aromatic carbocycles. The molecule has 0 fully saturated rings. The van der Waals surface area contributed by atoms with E-state index in [0.29, 0.717) is 6.42 Å². The highest BCUT2D eigenvalue weighted by Crippen LogP contribution is 2.23. The molecule has 4 nitrogen and oxygen atoms in total. The van der Waals surface area contributed by atoms with Gasteiger partial charge in [-0.2, -0.15) is 0 Å². The van der Waals surface area contributed by atoms with Gasteiger partial charge in [0.15, 0.2) is 0 Å². The molecule has 0 aliphatic rings. The topological polar surface area (TPSA) is 59.4 Å². The number of ether oxygens (including phenoxy) is 1. The van der Waals surface area contributed by atoms with Crippen LogP contribution in [0.4, 0.5) is 0 Å². The molecular formula is C15H15NO3. The average molecular weight is 257 g/mol. The van der Waals surface area contributed by atoms with Gasteiger partial charge in [0.2, 0.25) is 0 Å². The van der Waals surface area contributed by atoms with Crippen LogP contribution in [0.2, 0.25) is 0 Å². The Hall–Kier alpha value is -2.36. The van der Waals surface area contributed by atoms with Crippen LogP contribution >= 0.6 is 0 Å². The summed E-state index contributed by atoms with van der Waals surface area (Å²) in [5.74, 6) is -0.680. The van der Waals surface area contributed by atoms with Gasteiger partial charge in [-0.3, -0.25) is 9.78 Å². The van der Waals surface area contributed by atoms with E-state index >= 15 is 0 Å². The van der Waals surface area contributed by atoms with Gasteiger partial charge in [0.1, 0.15) is 5.75 Å². The maximum atomic E-state index is 11.4. The second kappa shape index (κ2) is 6.00. The molecule has 19 heavy (non-hydrogen) atoms. The standard InChI is InChI=1S/C15H15NO3/c1-19-13-4-2-3-11(9-13)10-14(15(17)18)12-5-7-16-8-6-12/h2-9,14H,10H2,1H3,(H,17,18). The minimum atomic E-state index is -0.839. The van der Waals surface area contributed by atoms with E-state index in [1.807, 2.05) is 24.3 Å². The van der Waals surface area contributed by atoms with Crippen molar-refractivity contribution in [1.82, 2.24) is 4.98 Å². The zero-order valence-electron chi connectivity index (χ0n) is 10.6. The maximum absolute atomic E-state index is 11.4. The number of benzene rings is 1. The van der Waals surface area contributed by atoms with Gasteiger partial charge in [-0.05, 0) is 41.8 Å². The monoisotopic (exact) mass is 257 g/mol. The first-order valence-electron chi connectivity index (χ1n) is 5.96. The van der Waals surface area contributed by atoms with Crippen LogP contribution in [0.25, 0.3) is 0 Å². The molecule has 0 spiro atoms. The SMILES string of the molecule is COc1cccc(CC(C(=O)O)c2ccncc2)c1. The Morgan fingerprint density at radius 1 is 1.32 bits per heavy atom. The van der Waals surface area contributed by atoms with Gasteiger partial charge in [0, 0.05) is 12.4 Å². The van der Waals surface area contributed by atoms with Gasteiger partial charge in [0.05, 0.1) is 13.0 Å². The van der Waals surface area contributed by atoms with Crippen LogP contribution in [-0.4, -0.2) is 23.2 Å². The summed E-state index contributed by atoms with van der Waals surface area (Å²) in [6.07, 6.45) is 3.64. The number of rotatable bonds is 5. The maximum Gasteiger partial charge on any atom is 0.311 e. The van der Waals surface area contributed by atoms with Gasteiger partial charge in [0.25, 0.3) is 0 Å². The van der Waals surface area contributed by atoms with E-state index in [2.05, 4.69) is 4.98 Å². The van der Waals surface area contributed by atoms with E-state index < -0.39 is 11.9 Å². The van der Waals surface area contributed by atoms with Crippen molar-refractivity contribution in [2.45, 2.75) is 12.3 Å². The van der Waals surface area contributed by atoms with Crippen LogP contribution in [0.15, 0.2) is 48.8 Å². The van der Waals surface area contributed by atoms with E-state index in [1.165, 1.54) is 0 Å². The number of carbonyl (C=O) groups is 1. The van der Waals surface area contributed by atoms with Crippen LogP contribution in [-0.2, 0) is 11.2 Å². The van der Waals surface area contributed by atoms with Crippen molar-refractivity contribution in [3.05, 3.63) is 59.9 Å². The van der Waals surface area contributed by atoms with E-state index in [0.717, 1.165) is 16.9 Å². The van der Waals surface area contributed by atoms with E-state index in [-0.39, 0.29) is 0 Å². The largest absolute Gasteiger partial charge is 0.497 e. The smallest absolute Gasteiger partial charge is 0.311 e. The van der Waals surface area contributed by atoms with Crippen molar-refractivity contribution < 1.29 is 14.6 Å². The number of aliphatic carboxylic acids is 1. The fraction of sp³-hybridized carbons (Fsp3) is 0.200. The third-order valence-electron chi connectivity index (χ3n) is 2.98. The Labute approximate surface area is 111 Å². The van der Waals surface area contributed by atoms with Crippen molar-refractivity contribution in [3.63, 3.8) is 0 Å². The van der Waals surface area contributed by atoms with Crippen LogP contribution in [0.3, 0.4) is 0 Å². The molecule has 1 N–H and O–H groups in total. The highest BCUT2D eigenvalue weighted by Gasteiger charge is 2.20. The van der Waals surface area contributed by atoms with E-state index in [4.69, 9.17) is 4.74 Å². The third-order valence-corrected chi connectivity index (χ3v) is 2.98. The summed E-state index contributed by atoms with van der Waals surface area (Å²) >= 11 is 0. The predicted octanol–water partition coefficient (Wildman–Crippen LogP) is 2.50. The molecule has 0 saturated heterocycles. The zero-order valence-corrected chi connectivity index (χ0v) is 10.6. The Kier molecular flexibility index (Phi) is 4.13. The molecule has 1 heterocycles. The van der Waals surface area contributed by atoms with Gasteiger partial charge in [-0.1, -0.05) is 12.1 Å². The fourth-order valence-corrected chi connectivity index (χ4v) is 1.98. The Balaban J connectivity index is 2.24. The first-order valence-corrected chi connectivity index (χ1v) is 5.96. The summed E-state index contributed by atoms with van der Waals surface area (Å²) in [7, 11) is 1.59. The average Bonchev–Trinajstić information content (AvgIpc) is 2.45. The number of carboxylic acids is 1. The van der Waals surface area contributed by atoms with Gasteiger partial charge in [-0.25, -0.2) is 0 Å². The van der Waals surface area contributed by atoms with Crippen LogP contribution in [0, 0.1) is 0 Å². The molecule has 0 aliphatic heterocycles.